The summed E-state index contributed by atoms with van der Waals surface area (Å²) in [6.45, 7) is 0.670. The summed E-state index contributed by atoms with van der Waals surface area (Å²) < 4.78 is 6.50. The summed E-state index contributed by atoms with van der Waals surface area (Å²) in [5.74, 6) is 0.138. The highest BCUT2D eigenvalue weighted by molar-refractivity contribution is 5.19. The molecule has 13 heavy (non-hydrogen) atoms. The number of nitrogens with zero attached hydrogens (tertiary/aromatic N) is 3. The van der Waals surface area contributed by atoms with E-state index in [1.165, 1.54) is 10.9 Å². The van der Waals surface area contributed by atoms with E-state index in [0.717, 1.165) is 12.8 Å². The van der Waals surface area contributed by atoms with Gasteiger partial charge in [-0.25, -0.2) is 4.79 Å². The van der Waals surface area contributed by atoms with E-state index in [9.17, 15) is 4.79 Å². The molecule has 0 radical (unpaired) electrons. The molecule has 1 saturated heterocycles. The van der Waals surface area contributed by atoms with Crippen molar-refractivity contribution < 1.29 is 4.74 Å². The second-order valence-corrected chi connectivity index (χ2v) is 2.88. The molecule has 1 aromatic heterocycles. The summed E-state index contributed by atoms with van der Waals surface area (Å²) in [5.41, 5.74) is 4.85. The van der Waals surface area contributed by atoms with Gasteiger partial charge in [-0.2, -0.15) is 14.8 Å². The summed E-state index contributed by atoms with van der Waals surface area (Å²) in [7, 11) is 0. The lowest BCUT2D eigenvalue weighted by Crippen LogP contribution is -2.29. The molecule has 1 aliphatic heterocycles. The zero-order valence-corrected chi connectivity index (χ0v) is 7.01. The van der Waals surface area contributed by atoms with Crippen molar-refractivity contribution in [3.05, 3.63) is 16.7 Å². The first-order valence-corrected chi connectivity index (χ1v) is 4.10. The van der Waals surface area contributed by atoms with Crippen molar-refractivity contribution in [3.63, 3.8) is 0 Å². The Balaban J connectivity index is 2.34. The van der Waals surface area contributed by atoms with Gasteiger partial charge in [-0.05, 0) is 12.8 Å². The maximum atomic E-state index is 11.3. The Kier molecular flexibility index (Phi) is 1.97. The van der Waals surface area contributed by atoms with Gasteiger partial charge in [0, 0.05) is 6.61 Å². The first kappa shape index (κ1) is 8.18. The molecule has 0 saturated carbocycles. The number of hydrogen-bond acceptors (Lipinski definition) is 5. The van der Waals surface area contributed by atoms with Crippen LogP contribution in [0.25, 0.3) is 0 Å². The average Bonchev–Trinajstić information content (AvgIpc) is 2.56. The van der Waals surface area contributed by atoms with E-state index in [0.29, 0.717) is 6.61 Å². The Labute approximate surface area is 74.3 Å². The van der Waals surface area contributed by atoms with Gasteiger partial charge in [-0.1, -0.05) is 0 Å². The number of hydrogen-bond donors (Lipinski definition) is 1. The third kappa shape index (κ3) is 1.52. The van der Waals surface area contributed by atoms with Crippen molar-refractivity contribution >= 4 is 5.82 Å². The molecular weight excluding hydrogens is 172 g/mol. The summed E-state index contributed by atoms with van der Waals surface area (Å²) in [6.07, 6.45) is 2.84. The number of nitrogen functional groups attached to an aromatic ring is 1. The Bertz CT molecular complexity index is 356. The Hall–Kier alpha value is -1.43. The topological polar surface area (TPSA) is 83.0 Å². The van der Waals surface area contributed by atoms with Gasteiger partial charge in [-0.15, -0.1) is 0 Å². The molecule has 2 rings (SSSR count). The van der Waals surface area contributed by atoms with Gasteiger partial charge in [0.1, 0.15) is 5.82 Å². The largest absolute Gasteiger partial charge is 0.382 e. The first-order chi connectivity index (χ1) is 6.27. The predicted molar refractivity (Wildman–Crippen MR) is 44.9 cm³/mol. The van der Waals surface area contributed by atoms with Crippen LogP contribution in [-0.2, 0) is 4.74 Å². The summed E-state index contributed by atoms with van der Waals surface area (Å²) in [6, 6.07) is 0. The van der Waals surface area contributed by atoms with Gasteiger partial charge in [-0.3, -0.25) is 0 Å². The maximum Gasteiger partial charge on any atom is 0.368 e. The molecule has 0 aromatic carbocycles. The standard InChI is InChI=1S/C7H10N4O2/c8-5-4-9-11(7(12)10-5)6-2-1-3-13-6/h4,6H,1-3H2,(H2,8,10,12)/t6-/m1/s1. The lowest BCUT2D eigenvalue weighted by Gasteiger charge is -2.09. The smallest absolute Gasteiger partial charge is 0.368 e. The molecule has 6 heteroatoms. The number of anilines is 1. The second-order valence-electron chi connectivity index (χ2n) is 2.88. The van der Waals surface area contributed by atoms with Crippen LogP contribution in [0.15, 0.2) is 11.0 Å². The number of nitrogens with two attached hydrogens (primary N) is 1. The minimum absolute atomic E-state index is 0.138. The Morgan fingerprint density at radius 1 is 1.69 bits per heavy atom. The van der Waals surface area contributed by atoms with Crippen molar-refractivity contribution in [2.75, 3.05) is 12.3 Å². The minimum atomic E-state index is -0.452. The van der Waals surface area contributed by atoms with Gasteiger partial charge in [0.15, 0.2) is 6.23 Å². The lowest BCUT2D eigenvalue weighted by atomic mass is 10.3. The van der Waals surface area contributed by atoms with Gasteiger partial charge in [0.05, 0.1) is 6.20 Å². The Morgan fingerprint density at radius 3 is 3.15 bits per heavy atom. The average molecular weight is 182 g/mol. The monoisotopic (exact) mass is 182 g/mol. The van der Waals surface area contributed by atoms with Crippen LogP contribution in [0.2, 0.25) is 0 Å². The van der Waals surface area contributed by atoms with Crippen LogP contribution >= 0.6 is 0 Å². The molecule has 6 nitrogen and oxygen atoms in total. The van der Waals surface area contributed by atoms with Gasteiger partial charge in [0.2, 0.25) is 0 Å². The van der Waals surface area contributed by atoms with E-state index in [1.54, 1.807) is 0 Å². The highest BCUT2D eigenvalue weighted by Gasteiger charge is 2.19. The minimum Gasteiger partial charge on any atom is -0.382 e. The Morgan fingerprint density at radius 2 is 2.54 bits per heavy atom. The molecule has 0 unspecified atom stereocenters. The zero-order valence-electron chi connectivity index (χ0n) is 7.01. The maximum absolute atomic E-state index is 11.3. The molecule has 1 atom stereocenters. The second kappa shape index (κ2) is 3.14. The molecule has 0 amide bonds. The number of aromatic nitrogens is 3. The molecule has 70 valence electrons. The fourth-order valence-electron chi connectivity index (χ4n) is 1.31. The molecule has 0 aliphatic carbocycles. The van der Waals surface area contributed by atoms with E-state index in [1.807, 2.05) is 0 Å². The van der Waals surface area contributed by atoms with Crippen LogP contribution < -0.4 is 11.4 Å². The normalized spacial score (nSPS) is 22.0. The molecule has 2 heterocycles. The zero-order chi connectivity index (χ0) is 9.26. The SMILES string of the molecule is Nc1cnn([C@H]2CCCO2)c(=O)n1. The van der Waals surface area contributed by atoms with E-state index < -0.39 is 5.69 Å². The van der Waals surface area contributed by atoms with Crippen molar-refractivity contribution in [1.82, 2.24) is 14.8 Å². The van der Waals surface area contributed by atoms with E-state index in [4.69, 9.17) is 10.5 Å². The molecule has 0 spiro atoms. The van der Waals surface area contributed by atoms with Crippen LogP contribution in [0.1, 0.15) is 19.1 Å². The molecular formula is C7H10N4O2. The van der Waals surface area contributed by atoms with Crippen LogP contribution in [0, 0.1) is 0 Å². The fraction of sp³-hybridized carbons (Fsp3) is 0.571. The summed E-state index contributed by atoms with van der Waals surface area (Å²) >= 11 is 0. The van der Waals surface area contributed by atoms with E-state index in [-0.39, 0.29) is 12.0 Å². The molecule has 2 N–H and O–H groups in total. The van der Waals surface area contributed by atoms with Crippen molar-refractivity contribution in [1.29, 1.82) is 0 Å². The summed E-state index contributed by atoms with van der Waals surface area (Å²) in [5, 5.41) is 3.85. The molecule has 1 aliphatic rings. The van der Waals surface area contributed by atoms with Crippen LogP contribution in [-0.4, -0.2) is 21.4 Å². The van der Waals surface area contributed by atoms with Gasteiger partial charge in [0.25, 0.3) is 0 Å². The lowest BCUT2D eigenvalue weighted by molar-refractivity contribution is 0.0415. The summed E-state index contributed by atoms with van der Waals surface area (Å²) in [4.78, 5) is 14.8. The third-order valence-corrected chi connectivity index (χ3v) is 1.91. The van der Waals surface area contributed by atoms with Crippen molar-refractivity contribution in [2.45, 2.75) is 19.1 Å². The highest BCUT2D eigenvalue weighted by atomic mass is 16.5. The van der Waals surface area contributed by atoms with Gasteiger partial charge < -0.3 is 10.5 Å². The number of rotatable bonds is 1. The van der Waals surface area contributed by atoms with Crippen LogP contribution in [0.5, 0.6) is 0 Å². The molecule has 1 fully saturated rings. The third-order valence-electron chi connectivity index (χ3n) is 1.91. The van der Waals surface area contributed by atoms with E-state index in [2.05, 4.69) is 10.1 Å². The van der Waals surface area contributed by atoms with Crippen molar-refractivity contribution in [3.8, 4) is 0 Å². The van der Waals surface area contributed by atoms with Crippen LogP contribution in [0.4, 0.5) is 5.82 Å². The quantitative estimate of drug-likeness (QED) is 0.634. The number of ether oxygens (including phenoxy) is 1. The first-order valence-electron chi connectivity index (χ1n) is 4.10. The van der Waals surface area contributed by atoms with Crippen LogP contribution in [0.3, 0.4) is 0 Å². The van der Waals surface area contributed by atoms with E-state index >= 15 is 0 Å². The predicted octanol–water partition coefficient (Wildman–Crippen LogP) is -0.471. The highest BCUT2D eigenvalue weighted by Crippen LogP contribution is 2.19. The van der Waals surface area contributed by atoms with Crippen molar-refractivity contribution in [2.24, 2.45) is 0 Å². The fourth-order valence-corrected chi connectivity index (χ4v) is 1.31. The van der Waals surface area contributed by atoms with Gasteiger partial charge >= 0.3 is 5.69 Å². The molecule has 1 aromatic rings. The molecule has 0 bridgehead atoms.